The first-order valence-corrected chi connectivity index (χ1v) is 25.8. The summed E-state index contributed by atoms with van der Waals surface area (Å²) in [6.07, 6.45) is 15.2. The van der Waals surface area contributed by atoms with Crippen molar-refractivity contribution in [2.75, 3.05) is 217 Å². The smallest absolute Gasteiger partial charge is 0.0108 e. The van der Waals surface area contributed by atoms with Gasteiger partial charge >= 0.3 is 0 Å². The second kappa shape index (κ2) is 49.8. The van der Waals surface area contributed by atoms with Gasteiger partial charge in [-0.3, -0.25) is 4.90 Å². The van der Waals surface area contributed by atoms with Gasteiger partial charge in [-0.1, -0.05) is 32.6 Å². The Morgan fingerprint density at radius 2 is 0.532 bits per heavy atom. The van der Waals surface area contributed by atoms with E-state index in [9.17, 15) is 0 Å². The SMILES string of the molecule is CCN(CCN)CCCCCN(CCCCCN(CCN)CCCCCNC)CCNCCN(CCCCCN(CCNC)CCNCCN)CCNCCN(CCN)CCN. The first kappa shape index (κ1) is 61.4. The molecule has 0 bridgehead atoms. The van der Waals surface area contributed by atoms with E-state index in [0.717, 1.165) is 151 Å². The van der Waals surface area contributed by atoms with Gasteiger partial charge in [0.15, 0.2) is 0 Å². The molecule has 0 amide bonds. The fraction of sp³-hybridized carbons (Fsp3) is 1.00. The number of likely N-dealkylation sites (N-methyl/N-ethyl adjacent to an activating group) is 2. The third-order valence-corrected chi connectivity index (χ3v) is 12.0. The molecule has 374 valence electrons. The fourth-order valence-electron chi connectivity index (χ4n) is 8.12. The molecule has 0 fully saturated rings. The maximum Gasteiger partial charge on any atom is 0.0108 e. The van der Waals surface area contributed by atoms with E-state index in [2.05, 4.69) is 62.9 Å². The third kappa shape index (κ3) is 40.8. The van der Waals surface area contributed by atoms with E-state index in [4.69, 9.17) is 28.7 Å². The highest BCUT2D eigenvalue weighted by atomic mass is 15.2. The molecule has 0 heterocycles. The van der Waals surface area contributed by atoms with Crippen molar-refractivity contribution in [3.8, 4) is 0 Å². The lowest BCUT2D eigenvalue weighted by Crippen LogP contribution is -2.42. The molecule has 16 heteroatoms. The number of rotatable bonds is 53. The molecule has 0 aromatic carbocycles. The van der Waals surface area contributed by atoms with E-state index >= 15 is 0 Å². The largest absolute Gasteiger partial charge is 0.329 e. The van der Waals surface area contributed by atoms with Crippen LogP contribution in [0, 0.1) is 0 Å². The van der Waals surface area contributed by atoms with Crippen LogP contribution in [0.4, 0.5) is 0 Å². The Bertz CT molecular complexity index is 843. The molecule has 62 heavy (non-hydrogen) atoms. The lowest BCUT2D eigenvalue weighted by atomic mass is 10.1. The van der Waals surface area contributed by atoms with E-state index in [1.54, 1.807) is 0 Å². The van der Waals surface area contributed by atoms with Crippen molar-refractivity contribution in [2.24, 2.45) is 28.7 Å². The minimum absolute atomic E-state index is 0.678. The molecule has 0 saturated carbocycles. The Morgan fingerprint density at radius 3 is 0.871 bits per heavy atom. The van der Waals surface area contributed by atoms with Crippen molar-refractivity contribution in [3.63, 3.8) is 0 Å². The van der Waals surface area contributed by atoms with Gasteiger partial charge in [0.05, 0.1) is 0 Å². The summed E-state index contributed by atoms with van der Waals surface area (Å²) in [6.45, 7) is 33.5. The molecule has 0 aromatic heterocycles. The zero-order valence-electron chi connectivity index (χ0n) is 41.5. The fourth-order valence-corrected chi connectivity index (χ4v) is 8.12. The Labute approximate surface area is 384 Å². The van der Waals surface area contributed by atoms with Crippen LogP contribution < -0.4 is 55.3 Å². The summed E-state index contributed by atoms with van der Waals surface area (Å²) >= 11 is 0. The van der Waals surface area contributed by atoms with Gasteiger partial charge in [0.1, 0.15) is 0 Å². The quantitative estimate of drug-likeness (QED) is 0.0350. The summed E-state index contributed by atoms with van der Waals surface area (Å²) in [5.74, 6) is 0. The maximum absolute atomic E-state index is 5.98. The number of hydrogen-bond acceptors (Lipinski definition) is 16. The molecule has 15 N–H and O–H groups in total. The molecule has 0 saturated heterocycles. The molecule has 0 aliphatic rings. The van der Waals surface area contributed by atoms with Crippen LogP contribution in [0.5, 0.6) is 0 Å². The van der Waals surface area contributed by atoms with Gasteiger partial charge in [0.2, 0.25) is 0 Å². The summed E-state index contributed by atoms with van der Waals surface area (Å²) in [5, 5.41) is 17.6. The molecule has 0 radical (unpaired) electrons. The number of nitrogens with zero attached hydrogens (tertiary/aromatic N) is 6. The van der Waals surface area contributed by atoms with Gasteiger partial charge in [-0.15, -0.1) is 0 Å². The Morgan fingerprint density at radius 1 is 0.258 bits per heavy atom. The lowest BCUT2D eigenvalue weighted by Gasteiger charge is -2.26. The van der Waals surface area contributed by atoms with Crippen molar-refractivity contribution in [1.29, 1.82) is 0 Å². The second-order valence-corrected chi connectivity index (χ2v) is 17.3. The van der Waals surface area contributed by atoms with E-state index in [1.807, 2.05) is 14.1 Å². The molecule has 0 rings (SSSR count). The van der Waals surface area contributed by atoms with Crippen molar-refractivity contribution >= 4 is 0 Å². The van der Waals surface area contributed by atoms with Crippen LogP contribution in [0.2, 0.25) is 0 Å². The van der Waals surface area contributed by atoms with E-state index in [-0.39, 0.29) is 0 Å². The minimum atomic E-state index is 0.678. The molecule has 16 nitrogen and oxygen atoms in total. The van der Waals surface area contributed by atoms with Crippen LogP contribution in [-0.2, 0) is 0 Å². The average molecular weight is 887 g/mol. The maximum atomic E-state index is 5.98. The lowest BCUT2D eigenvalue weighted by molar-refractivity contribution is 0.235. The molecule has 0 unspecified atom stereocenters. The Hall–Kier alpha value is -0.640. The van der Waals surface area contributed by atoms with Gasteiger partial charge in [0, 0.05) is 144 Å². The Balaban J connectivity index is 5.08. The first-order chi connectivity index (χ1) is 30.5. The van der Waals surface area contributed by atoms with Crippen molar-refractivity contribution in [1.82, 2.24) is 56.0 Å². The van der Waals surface area contributed by atoms with Gasteiger partial charge in [0.25, 0.3) is 0 Å². The van der Waals surface area contributed by atoms with E-state index < -0.39 is 0 Å². The zero-order chi connectivity index (χ0) is 45.4. The summed E-state index contributed by atoms with van der Waals surface area (Å²) in [4.78, 5) is 15.4. The minimum Gasteiger partial charge on any atom is -0.329 e. The molecular formula is C46H110N16. The van der Waals surface area contributed by atoms with Crippen molar-refractivity contribution < 1.29 is 0 Å². The number of unbranched alkanes of at least 4 members (excludes halogenated alkanes) is 8. The van der Waals surface area contributed by atoms with Crippen LogP contribution in [0.15, 0.2) is 0 Å². The highest BCUT2D eigenvalue weighted by molar-refractivity contribution is 4.69. The predicted octanol–water partition coefficient (Wildman–Crippen LogP) is -0.499. The highest BCUT2D eigenvalue weighted by Crippen LogP contribution is 2.07. The second-order valence-electron chi connectivity index (χ2n) is 17.3. The van der Waals surface area contributed by atoms with Gasteiger partial charge in [-0.25, -0.2) is 0 Å². The molecule has 0 aliphatic heterocycles. The summed E-state index contributed by atoms with van der Waals surface area (Å²) in [6, 6.07) is 0. The van der Waals surface area contributed by atoms with Gasteiger partial charge in [-0.2, -0.15) is 0 Å². The van der Waals surface area contributed by atoms with E-state index in [0.29, 0.717) is 19.6 Å². The highest BCUT2D eigenvalue weighted by Gasteiger charge is 2.11. The summed E-state index contributed by atoms with van der Waals surface area (Å²) < 4.78 is 0. The zero-order valence-corrected chi connectivity index (χ0v) is 41.5. The standard InChI is InChI=1S/C46H110N16/c1-4-57(37-18-48)30-11-6-13-33-59(34-14-7-12-32-58(38-19-49)31-10-5-9-22-52-2)42-26-55-27-44-61(45-28-56-29-46-62(39-20-50)40-21-51)36-16-8-15-35-60(41-24-53-3)43-25-54-23-17-47/h52-56H,4-51H2,1-3H3. The topological polar surface area (TPSA) is 210 Å². The summed E-state index contributed by atoms with van der Waals surface area (Å²) in [5.41, 5.74) is 29.2. The molecular weight excluding hydrogens is 777 g/mol. The van der Waals surface area contributed by atoms with Gasteiger partial charge in [-0.05, 0) is 124 Å². The molecule has 0 spiro atoms. The van der Waals surface area contributed by atoms with Crippen molar-refractivity contribution in [2.45, 2.75) is 84.0 Å². The average Bonchev–Trinajstić information content (AvgIpc) is 3.27. The van der Waals surface area contributed by atoms with Crippen LogP contribution in [0.3, 0.4) is 0 Å². The normalized spacial score (nSPS) is 12.3. The van der Waals surface area contributed by atoms with Crippen molar-refractivity contribution in [3.05, 3.63) is 0 Å². The monoisotopic (exact) mass is 887 g/mol. The Kier molecular flexibility index (Phi) is 49.3. The molecule has 0 atom stereocenters. The number of nitrogens with two attached hydrogens (primary N) is 5. The van der Waals surface area contributed by atoms with Crippen LogP contribution in [-0.4, -0.2) is 246 Å². The predicted molar refractivity (Wildman–Crippen MR) is 271 cm³/mol. The molecule has 0 aromatic rings. The third-order valence-electron chi connectivity index (χ3n) is 12.0. The van der Waals surface area contributed by atoms with E-state index in [1.165, 1.54) is 110 Å². The summed E-state index contributed by atoms with van der Waals surface area (Å²) in [7, 11) is 4.08. The van der Waals surface area contributed by atoms with Gasteiger partial charge < -0.3 is 79.8 Å². The number of nitrogens with one attached hydrogen (secondary N) is 5. The van der Waals surface area contributed by atoms with Crippen LogP contribution in [0.25, 0.3) is 0 Å². The van der Waals surface area contributed by atoms with Crippen LogP contribution >= 0.6 is 0 Å². The number of hydrogen-bond donors (Lipinski definition) is 10. The molecule has 0 aliphatic carbocycles. The first-order valence-electron chi connectivity index (χ1n) is 25.8. The van der Waals surface area contributed by atoms with Crippen LogP contribution in [0.1, 0.15) is 84.0 Å².